The number of amides is 1. The van der Waals surface area contributed by atoms with Crippen molar-refractivity contribution in [1.29, 1.82) is 0 Å². The molecule has 0 aliphatic carbocycles. The van der Waals surface area contributed by atoms with E-state index in [9.17, 15) is 13.2 Å². The smallest absolute Gasteiger partial charge is 0.264 e. The van der Waals surface area contributed by atoms with Crippen molar-refractivity contribution in [3.63, 3.8) is 0 Å². The number of sulfonamides is 1. The van der Waals surface area contributed by atoms with Crippen molar-refractivity contribution < 1.29 is 17.9 Å². The molecular weight excluding hydrogens is 400 g/mol. The molecule has 3 aromatic carbocycles. The average Bonchev–Trinajstić information content (AvgIpc) is 2.82. The lowest BCUT2D eigenvalue weighted by molar-refractivity contribution is 0.102. The lowest BCUT2D eigenvalue weighted by Crippen LogP contribution is -2.27. The predicted molar refractivity (Wildman–Crippen MR) is 117 cm³/mol. The summed E-state index contributed by atoms with van der Waals surface area (Å²) >= 11 is 0. The summed E-state index contributed by atoms with van der Waals surface area (Å²) in [7, 11) is -2.36. The third-order valence-corrected chi connectivity index (χ3v) is 6.92. The van der Waals surface area contributed by atoms with Crippen LogP contribution in [0.25, 0.3) is 0 Å². The van der Waals surface area contributed by atoms with Gasteiger partial charge in [-0.05, 0) is 68.3 Å². The fourth-order valence-corrected chi connectivity index (χ4v) is 4.79. The minimum Gasteiger partial charge on any atom is -0.454 e. The van der Waals surface area contributed by atoms with Crippen LogP contribution in [0.5, 0.6) is 11.5 Å². The second-order valence-electron chi connectivity index (χ2n) is 7.48. The van der Waals surface area contributed by atoms with Crippen molar-refractivity contribution in [3.8, 4) is 11.5 Å². The summed E-state index contributed by atoms with van der Waals surface area (Å²) in [5.74, 6) is 0.411. The number of nitrogens with zero attached hydrogens (tertiary/aromatic N) is 1. The molecule has 0 saturated heterocycles. The molecule has 0 spiro atoms. The molecule has 30 heavy (non-hydrogen) atoms. The highest BCUT2D eigenvalue weighted by atomic mass is 32.2. The molecule has 0 aromatic heterocycles. The zero-order valence-electron chi connectivity index (χ0n) is 17.2. The molecule has 0 unspecified atom stereocenters. The topological polar surface area (TPSA) is 75.7 Å². The quantitative estimate of drug-likeness (QED) is 0.658. The number of carbonyl (C=O) groups is 1. The van der Waals surface area contributed by atoms with Gasteiger partial charge >= 0.3 is 0 Å². The van der Waals surface area contributed by atoms with E-state index in [1.807, 2.05) is 45.0 Å². The van der Waals surface area contributed by atoms with Gasteiger partial charge in [-0.1, -0.05) is 23.8 Å². The van der Waals surface area contributed by atoms with Gasteiger partial charge in [0.1, 0.15) is 5.75 Å². The van der Waals surface area contributed by atoms with Crippen LogP contribution in [0.15, 0.2) is 59.5 Å². The molecule has 1 heterocycles. The van der Waals surface area contributed by atoms with Crippen LogP contribution in [0.2, 0.25) is 0 Å². The van der Waals surface area contributed by atoms with Gasteiger partial charge in [0.2, 0.25) is 0 Å². The fraction of sp³-hybridized carbons (Fsp3) is 0.174. The molecule has 0 radical (unpaired) electrons. The van der Waals surface area contributed by atoms with Gasteiger partial charge in [0.05, 0.1) is 21.8 Å². The Morgan fingerprint density at radius 1 is 0.867 bits per heavy atom. The van der Waals surface area contributed by atoms with E-state index in [1.165, 1.54) is 29.6 Å². The molecule has 3 aromatic rings. The maximum Gasteiger partial charge on any atom is 0.264 e. The molecule has 7 heteroatoms. The zero-order valence-corrected chi connectivity index (χ0v) is 18.0. The van der Waals surface area contributed by atoms with E-state index < -0.39 is 15.9 Å². The van der Waals surface area contributed by atoms with Crippen molar-refractivity contribution >= 4 is 27.3 Å². The predicted octanol–water partition coefficient (Wildman–Crippen LogP) is 4.79. The van der Waals surface area contributed by atoms with Gasteiger partial charge in [-0.15, -0.1) is 0 Å². The molecule has 0 fully saturated rings. The van der Waals surface area contributed by atoms with Crippen LogP contribution in [-0.4, -0.2) is 21.4 Å². The maximum atomic E-state index is 13.3. The number of rotatable bonds is 3. The van der Waals surface area contributed by atoms with E-state index in [0.717, 1.165) is 16.7 Å². The van der Waals surface area contributed by atoms with E-state index >= 15 is 0 Å². The van der Waals surface area contributed by atoms with Crippen LogP contribution in [0.3, 0.4) is 0 Å². The number of benzene rings is 3. The number of fused-ring (bicyclic) bond motifs is 2. The summed E-state index contributed by atoms with van der Waals surface area (Å²) in [4.78, 5) is 12.8. The van der Waals surface area contributed by atoms with Gasteiger partial charge < -0.3 is 10.1 Å². The molecule has 0 atom stereocenters. The van der Waals surface area contributed by atoms with Crippen LogP contribution < -0.4 is 14.4 Å². The Morgan fingerprint density at radius 3 is 2.30 bits per heavy atom. The standard InChI is InChI=1S/C23H22N2O4S/c1-14-6-9-20(16(3)11-14)25(4)30(27,28)17-7-10-21-18(13-17)23(26)24-19-8-5-15(2)12-22(19)29-21/h5-13H,1-4H3,(H,24,26). The van der Waals surface area contributed by atoms with Crippen molar-refractivity contribution in [2.75, 3.05) is 16.7 Å². The van der Waals surface area contributed by atoms with Crippen molar-refractivity contribution in [1.82, 2.24) is 0 Å². The molecule has 1 aliphatic rings. The summed E-state index contributed by atoms with van der Waals surface area (Å²) in [5, 5.41) is 2.79. The first-order valence-electron chi connectivity index (χ1n) is 9.47. The van der Waals surface area contributed by atoms with Gasteiger partial charge in [0, 0.05) is 7.05 Å². The number of hydrogen-bond acceptors (Lipinski definition) is 4. The fourth-order valence-electron chi connectivity index (χ4n) is 3.51. The average molecular weight is 423 g/mol. The zero-order chi connectivity index (χ0) is 21.6. The molecule has 154 valence electrons. The monoisotopic (exact) mass is 422 g/mol. The number of carbonyl (C=O) groups excluding carboxylic acids is 1. The molecule has 4 rings (SSSR count). The van der Waals surface area contributed by atoms with Crippen molar-refractivity contribution in [2.45, 2.75) is 25.7 Å². The largest absolute Gasteiger partial charge is 0.454 e. The molecule has 1 aliphatic heterocycles. The third-order valence-electron chi connectivity index (χ3n) is 5.15. The number of ether oxygens (including phenoxy) is 1. The van der Waals surface area contributed by atoms with Crippen LogP contribution in [0, 0.1) is 20.8 Å². The minimum absolute atomic E-state index is 0.0182. The minimum atomic E-state index is -3.87. The summed E-state index contributed by atoms with van der Waals surface area (Å²) < 4.78 is 33.7. The van der Waals surface area contributed by atoms with Gasteiger partial charge in [0.25, 0.3) is 15.9 Å². The highest BCUT2D eigenvalue weighted by Crippen LogP contribution is 2.37. The first-order valence-corrected chi connectivity index (χ1v) is 10.9. The maximum absolute atomic E-state index is 13.3. The van der Waals surface area contributed by atoms with E-state index in [2.05, 4.69) is 5.32 Å². The third kappa shape index (κ3) is 3.41. The normalized spacial score (nSPS) is 12.9. The van der Waals surface area contributed by atoms with Crippen molar-refractivity contribution in [2.24, 2.45) is 0 Å². The molecular formula is C23H22N2O4S. The van der Waals surface area contributed by atoms with Crippen LogP contribution in [0.1, 0.15) is 27.0 Å². The summed E-state index contributed by atoms with van der Waals surface area (Å²) in [6, 6.07) is 15.4. The van der Waals surface area contributed by atoms with Crippen LogP contribution in [0.4, 0.5) is 11.4 Å². The van der Waals surface area contributed by atoms with E-state index in [4.69, 9.17) is 4.74 Å². The Bertz CT molecular complexity index is 1280. The van der Waals surface area contributed by atoms with E-state index in [0.29, 0.717) is 22.9 Å². The summed E-state index contributed by atoms with van der Waals surface area (Å²) in [5.41, 5.74) is 4.18. The Morgan fingerprint density at radius 2 is 1.57 bits per heavy atom. The lowest BCUT2D eigenvalue weighted by Gasteiger charge is -2.22. The highest BCUT2D eigenvalue weighted by molar-refractivity contribution is 7.92. The first-order chi connectivity index (χ1) is 14.2. The molecule has 0 bridgehead atoms. The first kappa shape index (κ1) is 20.0. The van der Waals surface area contributed by atoms with Crippen molar-refractivity contribution in [3.05, 3.63) is 76.9 Å². The van der Waals surface area contributed by atoms with E-state index in [1.54, 1.807) is 12.1 Å². The number of anilines is 2. The second-order valence-corrected chi connectivity index (χ2v) is 9.45. The van der Waals surface area contributed by atoms with Gasteiger partial charge in [0.15, 0.2) is 5.75 Å². The van der Waals surface area contributed by atoms with Gasteiger partial charge in [-0.2, -0.15) is 0 Å². The Labute approximate surface area is 176 Å². The van der Waals surface area contributed by atoms with Crippen LogP contribution >= 0.6 is 0 Å². The summed E-state index contributed by atoms with van der Waals surface area (Å²) in [6.07, 6.45) is 0. The van der Waals surface area contributed by atoms with E-state index in [-0.39, 0.29) is 10.5 Å². The van der Waals surface area contributed by atoms with Gasteiger partial charge in [-0.3, -0.25) is 9.10 Å². The Balaban J connectivity index is 1.75. The molecule has 0 saturated carbocycles. The number of nitrogens with one attached hydrogen (secondary N) is 1. The molecule has 6 nitrogen and oxygen atoms in total. The second kappa shape index (κ2) is 7.18. The molecule has 1 N–H and O–H groups in total. The molecule has 1 amide bonds. The Kier molecular flexibility index (Phi) is 4.78. The van der Waals surface area contributed by atoms with Gasteiger partial charge in [-0.25, -0.2) is 8.42 Å². The van der Waals surface area contributed by atoms with Crippen LogP contribution in [-0.2, 0) is 10.0 Å². The Hall–Kier alpha value is -3.32. The highest BCUT2D eigenvalue weighted by Gasteiger charge is 2.27. The number of hydrogen-bond donors (Lipinski definition) is 1. The lowest BCUT2D eigenvalue weighted by atomic mass is 10.1. The summed E-state index contributed by atoms with van der Waals surface area (Å²) in [6.45, 7) is 5.75. The SMILES string of the molecule is Cc1ccc(N(C)S(=O)(=O)c2ccc3c(c2)C(=O)Nc2ccc(C)cc2O3)c(C)c1. The number of aryl methyl sites for hydroxylation is 3.